The van der Waals surface area contributed by atoms with Crippen molar-refractivity contribution in [1.82, 2.24) is 14.5 Å². The highest BCUT2D eigenvalue weighted by atomic mass is 16.2. The van der Waals surface area contributed by atoms with Crippen LogP contribution in [0.2, 0.25) is 0 Å². The number of imidazole rings is 1. The lowest BCUT2D eigenvalue weighted by Gasteiger charge is -2.10. The summed E-state index contributed by atoms with van der Waals surface area (Å²) in [5.41, 5.74) is 0. The normalized spacial score (nSPS) is 9.92. The molecule has 0 aliphatic rings. The Labute approximate surface area is 71.8 Å². The van der Waals surface area contributed by atoms with E-state index in [1.807, 2.05) is 11.5 Å². The summed E-state index contributed by atoms with van der Waals surface area (Å²) < 4.78 is 1.82. The van der Waals surface area contributed by atoms with Gasteiger partial charge in [0.25, 0.3) is 0 Å². The molecule has 4 heteroatoms. The van der Waals surface area contributed by atoms with Gasteiger partial charge in [0.05, 0.1) is 0 Å². The Morgan fingerprint density at radius 2 is 2.33 bits per heavy atom. The summed E-state index contributed by atoms with van der Waals surface area (Å²) in [7, 11) is 3.49. The van der Waals surface area contributed by atoms with E-state index in [4.69, 9.17) is 0 Å². The van der Waals surface area contributed by atoms with Gasteiger partial charge in [0.2, 0.25) is 5.91 Å². The maximum atomic E-state index is 11.2. The Morgan fingerprint density at radius 3 is 2.75 bits per heavy atom. The molecule has 1 rings (SSSR count). The van der Waals surface area contributed by atoms with Crippen molar-refractivity contribution >= 4 is 5.91 Å². The average molecular weight is 167 g/mol. The number of likely N-dealkylation sites (N-methyl/N-ethyl adjacent to an activating group) is 1. The maximum absolute atomic E-state index is 11.2. The van der Waals surface area contributed by atoms with E-state index < -0.39 is 0 Å². The van der Waals surface area contributed by atoms with Gasteiger partial charge < -0.3 is 9.47 Å². The monoisotopic (exact) mass is 167 g/mol. The van der Waals surface area contributed by atoms with Crippen molar-refractivity contribution in [3.05, 3.63) is 18.2 Å². The number of hydrogen-bond donors (Lipinski definition) is 0. The highest BCUT2D eigenvalue weighted by molar-refractivity contribution is 5.75. The van der Waals surface area contributed by atoms with Crippen LogP contribution in [0.25, 0.3) is 0 Å². The van der Waals surface area contributed by atoms with E-state index in [1.54, 1.807) is 31.4 Å². The van der Waals surface area contributed by atoms with Crippen LogP contribution in [0.4, 0.5) is 0 Å². The molecule has 0 saturated carbocycles. The summed E-state index contributed by atoms with van der Waals surface area (Å²) >= 11 is 0. The molecule has 66 valence electrons. The van der Waals surface area contributed by atoms with Crippen molar-refractivity contribution in [2.24, 2.45) is 0 Å². The van der Waals surface area contributed by atoms with E-state index >= 15 is 0 Å². The molecule has 1 heterocycles. The Balaban J connectivity index is 2.64. The lowest BCUT2D eigenvalue weighted by atomic mass is 10.5. The minimum absolute atomic E-state index is 0.0797. The maximum Gasteiger partial charge on any atom is 0.242 e. The van der Waals surface area contributed by atoms with E-state index in [-0.39, 0.29) is 5.91 Å². The molecule has 12 heavy (non-hydrogen) atoms. The minimum atomic E-state index is 0.0797. The Bertz CT molecular complexity index is 278. The molecule has 0 saturated heterocycles. The van der Waals surface area contributed by atoms with E-state index in [1.165, 1.54) is 0 Å². The van der Waals surface area contributed by atoms with Crippen LogP contribution >= 0.6 is 0 Å². The molecule has 0 aromatic carbocycles. The Morgan fingerprint density at radius 1 is 1.67 bits per heavy atom. The molecule has 4 nitrogen and oxygen atoms in total. The molecule has 0 N–H and O–H groups in total. The van der Waals surface area contributed by atoms with Crippen LogP contribution in [0.15, 0.2) is 12.4 Å². The number of aromatic nitrogens is 2. The van der Waals surface area contributed by atoms with Crippen molar-refractivity contribution in [3.8, 4) is 0 Å². The lowest BCUT2D eigenvalue weighted by Crippen LogP contribution is -2.26. The first-order chi connectivity index (χ1) is 5.61. The first kappa shape index (κ1) is 8.77. The van der Waals surface area contributed by atoms with Crippen LogP contribution in [0.5, 0.6) is 0 Å². The predicted octanol–water partition coefficient (Wildman–Crippen LogP) is 0.280. The molecule has 0 radical (unpaired) electrons. The first-order valence-electron chi connectivity index (χ1n) is 3.79. The Kier molecular flexibility index (Phi) is 2.47. The Hall–Kier alpha value is -1.32. The van der Waals surface area contributed by atoms with E-state index in [2.05, 4.69) is 4.98 Å². The molecular weight excluding hydrogens is 154 g/mol. The number of aryl methyl sites for hydroxylation is 1. The summed E-state index contributed by atoms with van der Waals surface area (Å²) in [5.74, 6) is 0.946. The molecular formula is C8H13N3O. The highest BCUT2D eigenvalue weighted by Crippen LogP contribution is 1.95. The average Bonchev–Trinajstić information content (AvgIpc) is 2.36. The molecule has 1 amide bonds. The number of carbonyl (C=O) groups excluding carboxylic acids is 1. The second-order valence-corrected chi connectivity index (χ2v) is 2.89. The van der Waals surface area contributed by atoms with Crippen LogP contribution in [0.3, 0.4) is 0 Å². The summed E-state index contributed by atoms with van der Waals surface area (Å²) in [6.07, 6.45) is 3.50. The molecule has 0 aliphatic carbocycles. The van der Waals surface area contributed by atoms with Crippen molar-refractivity contribution in [3.63, 3.8) is 0 Å². The number of rotatable bonds is 2. The largest absolute Gasteiger partial charge is 0.347 e. The van der Waals surface area contributed by atoms with Gasteiger partial charge >= 0.3 is 0 Å². The van der Waals surface area contributed by atoms with Gasteiger partial charge in [0.1, 0.15) is 12.4 Å². The van der Waals surface area contributed by atoms with Crippen molar-refractivity contribution in [2.75, 3.05) is 14.1 Å². The first-order valence-corrected chi connectivity index (χ1v) is 3.79. The van der Waals surface area contributed by atoms with Crippen LogP contribution in [-0.2, 0) is 11.3 Å². The summed E-state index contributed by atoms with van der Waals surface area (Å²) in [6.45, 7) is 2.25. The standard InChI is InChI=1S/C8H13N3O/c1-7-9-4-5-11(7)6-8(12)10(2)3/h4-5H,6H2,1-3H3. The number of carbonyl (C=O) groups is 1. The third kappa shape index (κ3) is 1.84. The third-order valence-electron chi connectivity index (χ3n) is 1.73. The molecule has 0 atom stereocenters. The van der Waals surface area contributed by atoms with Gasteiger partial charge in [-0.2, -0.15) is 0 Å². The number of hydrogen-bond acceptors (Lipinski definition) is 2. The quantitative estimate of drug-likeness (QED) is 0.634. The van der Waals surface area contributed by atoms with E-state index in [0.29, 0.717) is 6.54 Å². The molecule has 0 aliphatic heterocycles. The molecule has 1 aromatic rings. The second kappa shape index (κ2) is 3.38. The summed E-state index contributed by atoms with van der Waals surface area (Å²) in [4.78, 5) is 16.8. The van der Waals surface area contributed by atoms with Gasteiger partial charge in [-0.15, -0.1) is 0 Å². The van der Waals surface area contributed by atoms with Gasteiger partial charge in [-0.3, -0.25) is 4.79 Å². The van der Waals surface area contributed by atoms with Crippen molar-refractivity contribution in [1.29, 1.82) is 0 Å². The van der Waals surface area contributed by atoms with Crippen LogP contribution < -0.4 is 0 Å². The van der Waals surface area contributed by atoms with Crippen LogP contribution in [0, 0.1) is 6.92 Å². The van der Waals surface area contributed by atoms with Crippen molar-refractivity contribution < 1.29 is 4.79 Å². The molecule has 0 unspecified atom stereocenters. The SMILES string of the molecule is Cc1nccn1CC(=O)N(C)C. The fourth-order valence-electron chi connectivity index (χ4n) is 0.858. The molecule has 1 aromatic heterocycles. The molecule has 0 fully saturated rings. The fraction of sp³-hybridized carbons (Fsp3) is 0.500. The summed E-state index contributed by atoms with van der Waals surface area (Å²) in [6, 6.07) is 0. The van der Waals surface area contributed by atoms with Crippen LogP contribution in [0.1, 0.15) is 5.82 Å². The van der Waals surface area contributed by atoms with Crippen molar-refractivity contribution in [2.45, 2.75) is 13.5 Å². The third-order valence-corrected chi connectivity index (χ3v) is 1.73. The van der Waals surface area contributed by atoms with E-state index in [9.17, 15) is 4.79 Å². The van der Waals surface area contributed by atoms with E-state index in [0.717, 1.165) is 5.82 Å². The van der Waals surface area contributed by atoms with Gasteiger partial charge in [-0.25, -0.2) is 4.98 Å². The van der Waals surface area contributed by atoms with Crippen LogP contribution in [-0.4, -0.2) is 34.5 Å². The zero-order chi connectivity index (χ0) is 9.14. The number of amides is 1. The smallest absolute Gasteiger partial charge is 0.242 e. The van der Waals surface area contributed by atoms with Gasteiger partial charge in [0, 0.05) is 26.5 Å². The second-order valence-electron chi connectivity index (χ2n) is 2.89. The topological polar surface area (TPSA) is 38.1 Å². The zero-order valence-corrected chi connectivity index (χ0v) is 7.61. The van der Waals surface area contributed by atoms with Gasteiger partial charge in [0.15, 0.2) is 0 Å². The fourth-order valence-corrected chi connectivity index (χ4v) is 0.858. The minimum Gasteiger partial charge on any atom is -0.347 e. The molecule has 0 bridgehead atoms. The summed E-state index contributed by atoms with van der Waals surface area (Å²) in [5, 5.41) is 0. The number of nitrogens with zero attached hydrogens (tertiary/aromatic N) is 3. The highest BCUT2D eigenvalue weighted by Gasteiger charge is 2.05. The van der Waals surface area contributed by atoms with Gasteiger partial charge in [-0.05, 0) is 6.92 Å². The van der Waals surface area contributed by atoms with Gasteiger partial charge in [-0.1, -0.05) is 0 Å². The zero-order valence-electron chi connectivity index (χ0n) is 7.61. The predicted molar refractivity (Wildman–Crippen MR) is 45.7 cm³/mol. The molecule has 0 spiro atoms. The lowest BCUT2D eigenvalue weighted by molar-refractivity contribution is -0.129.